The summed E-state index contributed by atoms with van der Waals surface area (Å²) in [6.07, 6.45) is 7.64. The molecule has 0 aromatic rings. The Kier molecular flexibility index (Phi) is 9.00. The van der Waals surface area contributed by atoms with Crippen LogP contribution in [0.3, 0.4) is 0 Å². The third kappa shape index (κ3) is 7.32. The summed E-state index contributed by atoms with van der Waals surface area (Å²) in [6, 6.07) is -0.295. The Morgan fingerprint density at radius 3 is 2.52 bits per heavy atom. The van der Waals surface area contributed by atoms with Crippen molar-refractivity contribution in [3.63, 3.8) is 0 Å². The smallest absolute Gasteiger partial charge is 0.323 e. The number of ether oxygens (including phenoxy) is 1. The Balaban J connectivity index is 2.33. The molecule has 1 N–H and O–H groups in total. The summed E-state index contributed by atoms with van der Waals surface area (Å²) in [5.41, 5.74) is 0. The highest BCUT2D eigenvalue weighted by Gasteiger charge is 2.24. The first-order valence-electron chi connectivity index (χ1n) is 8.00. The van der Waals surface area contributed by atoms with Gasteiger partial charge in [0.05, 0.1) is 6.10 Å². The van der Waals surface area contributed by atoms with Gasteiger partial charge in [-0.1, -0.05) is 12.8 Å². The fourth-order valence-corrected chi connectivity index (χ4v) is 3.15. The van der Waals surface area contributed by atoms with Crippen molar-refractivity contribution in [2.24, 2.45) is 5.92 Å². The fourth-order valence-electron chi connectivity index (χ4n) is 2.67. The van der Waals surface area contributed by atoms with Crippen LogP contribution in [0.1, 0.15) is 52.4 Å². The molecule has 0 saturated heterocycles. The molecule has 1 rings (SSSR count). The van der Waals surface area contributed by atoms with E-state index >= 15 is 0 Å². The molecule has 0 radical (unpaired) electrons. The van der Waals surface area contributed by atoms with Crippen LogP contribution in [0.25, 0.3) is 0 Å². The van der Waals surface area contributed by atoms with Gasteiger partial charge in [0.15, 0.2) is 0 Å². The second-order valence-electron chi connectivity index (χ2n) is 5.97. The largest absolute Gasteiger partial charge is 0.462 e. The number of thioether (sulfide) groups is 1. The minimum absolute atomic E-state index is 0.101. The van der Waals surface area contributed by atoms with E-state index < -0.39 is 0 Å². The molecule has 0 bridgehead atoms. The molecule has 1 aliphatic rings. The first kappa shape index (κ1) is 18.5. The molecule has 21 heavy (non-hydrogen) atoms. The summed E-state index contributed by atoms with van der Waals surface area (Å²) in [4.78, 5) is 24.0. The highest BCUT2D eigenvalue weighted by molar-refractivity contribution is 7.98. The number of carbonyl (C=O) groups excluding carboxylic acids is 2. The Bertz CT molecular complexity index is 327. The molecule has 122 valence electrons. The second-order valence-corrected chi connectivity index (χ2v) is 6.96. The molecule has 1 saturated carbocycles. The Hall–Kier alpha value is -0.550. The van der Waals surface area contributed by atoms with Crippen molar-refractivity contribution in [3.8, 4) is 0 Å². The van der Waals surface area contributed by atoms with Gasteiger partial charge < -0.3 is 10.1 Å². The molecule has 1 fully saturated rings. The molecule has 0 amide bonds. The van der Waals surface area contributed by atoms with Gasteiger partial charge in [-0.25, -0.2) is 0 Å². The van der Waals surface area contributed by atoms with Crippen molar-refractivity contribution >= 4 is 23.5 Å². The molecular formula is C16H29NO3S. The molecule has 5 heteroatoms. The SMILES string of the molecule is CSCCC(NCCC(=O)C1CCCC1)C(=O)OC(C)C. The lowest BCUT2D eigenvalue weighted by Gasteiger charge is -2.19. The first-order chi connectivity index (χ1) is 10.0. The van der Waals surface area contributed by atoms with Gasteiger partial charge in [0, 0.05) is 18.9 Å². The Labute approximate surface area is 132 Å². The van der Waals surface area contributed by atoms with Crippen molar-refractivity contribution in [2.45, 2.75) is 64.5 Å². The summed E-state index contributed by atoms with van der Waals surface area (Å²) in [6.45, 7) is 4.28. The van der Waals surface area contributed by atoms with Gasteiger partial charge in [0.2, 0.25) is 0 Å². The normalized spacial score (nSPS) is 17.1. The lowest BCUT2D eigenvalue weighted by atomic mass is 10.00. The maximum atomic E-state index is 12.0. The van der Waals surface area contributed by atoms with Crippen molar-refractivity contribution < 1.29 is 14.3 Å². The third-order valence-electron chi connectivity index (χ3n) is 3.82. The molecule has 0 spiro atoms. The molecule has 1 unspecified atom stereocenters. The van der Waals surface area contributed by atoms with Crippen molar-refractivity contribution in [3.05, 3.63) is 0 Å². The van der Waals surface area contributed by atoms with Crippen LogP contribution in [0.2, 0.25) is 0 Å². The molecule has 0 aliphatic heterocycles. The fraction of sp³-hybridized carbons (Fsp3) is 0.875. The Morgan fingerprint density at radius 1 is 1.29 bits per heavy atom. The standard InChI is InChI=1S/C16H29NO3S/c1-12(2)20-16(19)14(9-11-21-3)17-10-8-15(18)13-6-4-5-7-13/h12-14,17H,4-11H2,1-3H3. The average molecular weight is 315 g/mol. The average Bonchev–Trinajstić information content (AvgIpc) is 2.95. The number of carbonyl (C=O) groups is 2. The van der Waals surface area contributed by atoms with Crippen LogP contribution < -0.4 is 5.32 Å². The number of rotatable bonds is 10. The van der Waals surface area contributed by atoms with Gasteiger partial charge in [-0.2, -0.15) is 11.8 Å². The maximum Gasteiger partial charge on any atom is 0.323 e. The molecule has 0 heterocycles. The lowest BCUT2D eigenvalue weighted by molar-refractivity contribution is -0.150. The summed E-state index contributed by atoms with van der Waals surface area (Å²) in [7, 11) is 0. The van der Waals surface area contributed by atoms with Gasteiger partial charge in [0.1, 0.15) is 11.8 Å². The van der Waals surface area contributed by atoms with Gasteiger partial charge in [-0.3, -0.25) is 9.59 Å². The quantitative estimate of drug-likeness (QED) is 0.628. The summed E-state index contributed by atoms with van der Waals surface area (Å²) < 4.78 is 5.27. The van der Waals surface area contributed by atoms with E-state index in [0.29, 0.717) is 18.7 Å². The van der Waals surface area contributed by atoms with E-state index in [4.69, 9.17) is 4.74 Å². The second kappa shape index (κ2) is 10.2. The van der Waals surface area contributed by atoms with Gasteiger partial charge in [0.25, 0.3) is 0 Å². The van der Waals surface area contributed by atoms with Crippen molar-refractivity contribution in [1.29, 1.82) is 0 Å². The maximum absolute atomic E-state index is 12.0. The van der Waals surface area contributed by atoms with Crippen molar-refractivity contribution in [2.75, 3.05) is 18.6 Å². The van der Waals surface area contributed by atoms with E-state index in [0.717, 1.165) is 25.0 Å². The van der Waals surface area contributed by atoms with Crippen LogP contribution in [0.4, 0.5) is 0 Å². The number of ketones is 1. The summed E-state index contributed by atoms with van der Waals surface area (Å²) in [5.74, 6) is 1.31. The zero-order valence-electron chi connectivity index (χ0n) is 13.5. The Morgan fingerprint density at radius 2 is 1.95 bits per heavy atom. The van der Waals surface area contributed by atoms with Gasteiger partial charge >= 0.3 is 5.97 Å². The first-order valence-corrected chi connectivity index (χ1v) is 9.39. The zero-order chi connectivity index (χ0) is 15.7. The number of Topliss-reactive ketones (excluding diaryl/α,β-unsaturated/α-hetero) is 1. The number of hydrogen-bond acceptors (Lipinski definition) is 5. The minimum Gasteiger partial charge on any atom is -0.462 e. The van der Waals surface area contributed by atoms with Crippen LogP contribution >= 0.6 is 11.8 Å². The highest BCUT2D eigenvalue weighted by atomic mass is 32.2. The number of esters is 1. The molecule has 0 aromatic heterocycles. The third-order valence-corrected chi connectivity index (χ3v) is 4.46. The molecule has 4 nitrogen and oxygen atoms in total. The van der Waals surface area contributed by atoms with E-state index in [1.165, 1.54) is 12.8 Å². The molecular weight excluding hydrogens is 286 g/mol. The van der Waals surface area contributed by atoms with Crippen LogP contribution in [-0.2, 0) is 14.3 Å². The van der Waals surface area contributed by atoms with Crippen LogP contribution in [0.15, 0.2) is 0 Å². The highest BCUT2D eigenvalue weighted by Crippen LogP contribution is 2.26. The van der Waals surface area contributed by atoms with Crippen LogP contribution in [-0.4, -0.2) is 42.5 Å². The predicted octanol–water partition coefficient (Wildman–Crippen LogP) is 2.80. The predicted molar refractivity (Wildman–Crippen MR) is 87.6 cm³/mol. The van der Waals surface area contributed by atoms with Crippen LogP contribution in [0.5, 0.6) is 0 Å². The minimum atomic E-state index is -0.295. The van der Waals surface area contributed by atoms with E-state index in [9.17, 15) is 9.59 Å². The monoisotopic (exact) mass is 315 g/mol. The van der Waals surface area contributed by atoms with E-state index in [-0.39, 0.29) is 24.0 Å². The molecule has 1 aliphatic carbocycles. The van der Waals surface area contributed by atoms with Gasteiger partial charge in [-0.05, 0) is 45.1 Å². The summed E-state index contributed by atoms with van der Waals surface area (Å²) in [5, 5.41) is 3.21. The zero-order valence-corrected chi connectivity index (χ0v) is 14.3. The van der Waals surface area contributed by atoms with Gasteiger partial charge in [-0.15, -0.1) is 0 Å². The number of hydrogen-bond donors (Lipinski definition) is 1. The lowest BCUT2D eigenvalue weighted by Crippen LogP contribution is -2.40. The number of nitrogens with one attached hydrogen (secondary N) is 1. The topological polar surface area (TPSA) is 55.4 Å². The summed E-state index contributed by atoms with van der Waals surface area (Å²) >= 11 is 1.71. The van der Waals surface area contributed by atoms with E-state index in [1.807, 2.05) is 20.1 Å². The van der Waals surface area contributed by atoms with Crippen molar-refractivity contribution in [1.82, 2.24) is 5.32 Å². The van der Waals surface area contributed by atoms with E-state index in [1.54, 1.807) is 11.8 Å². The molecule has 0 aromatic carbocycles. The van der Waals surface area contributed by atoms with E-state index in [2.05, 4.69) is 5.32 Å². The molecule has 1 atom stereocenters. The van der Waals surface area contributed by atoms with Crippen LogP contribution in [0, 0.1) is 5.92 Å².